The number of rotatable bonds is 6. The second-order valence-electron chi connectivity index (χ2n) is 5.08. The van der Waals surface area contributed by atoms with E-state index in [9.17, 15) is 9.90 Å². The fourth-order valence-electron chi connectivity index (χ4n) is 2.17. The fourth-order valence-corrected chi connectivity index (χ4v) is 2.88. The first-order valence-electron chi connectivity index (χ1n) is 6.96. The van der Waals surface area contributed by atoms with Gasteiger partial charge in [0.2, 0.25) is 5.91 Å². The molecule has 20 heavy (non-hydrogen) atoms. The highest BCUT2D eigenvalue weighted by atomic mass is 32.1. The lowest BCUT2D eigenvalue weighted by atomic mass is 10.1. The van der Waals surface area contributed by atoms with Crippen LogP contribution in [0.5, 0.6) is 0 Å². The molecule has 2 N–H and O–H groups in total. The fraction of sp³-hybridized carbons (Fsp3) is 0.643. The van der Waals surface area contributed by atoms with Gasteiger partial charge in [-0.05, 0) is 29.3 Å². The Balaban J connectivity index is 1.69. The van der Waals surface area contributed by atoms with Crippen molar-refractivity contribution in [2.24, 2.45) is 0 Å². The van der Waals surface area contributed by atoms with Crippen molar-refractivity contribution in [1.29, 1.82) is 0 Å². The molecule has 1 fully saturated rings. The molecule has 1 amide bonds. The Morgan fingerprint density at radius 1 is 1.55 bits per heavy atom. The molecule has 1 aliphatic rings. The SMILES string of the molecule is CC(CC(=O)N1CCOCC1)NCC(O)c1ccsc1. The van der Waals surface area contributed by atoms with Crippen molar-refractivity contribution in [1.82, 2.24) is 10.2 Å². The maximum Gasteiger partial charge on any atom is 0.224 e. The van der Waals surface area contributed by atoms with Crippen LogP contribution in [0, 0.1) is 0 Å². The topological polar surface area (TPSA) is 61.8 Å². The quantitative estimate of drug-likeness (QED) is 0.823. The third-order valence-electron chi connectivity index (χ3n) is 3.43. The van der Waals surface area contributed by atoms with Crippen LogP contribution in [0.3, 0.4) is 0 Å². The Hall–Kier alpha value is -0.950. The van der Waals surface area contributed by atoms with Gasteiger partial charge in [-0.2, -0.15) is 11.3 Å². The van der Waals surface area contributed by atoms with Crippen LogP contribution in [0.4, 0.5) is 0 Å². The van der Waals surface area contributed by atoms with E-state index in [1.807, 2.05) is 28.7 Å². The van der Waals surface area contributed by atoms with Crippen LogP contribution in [-0.4, -0.2) is 54.8 Å². The number of hydrogen-bond donors (Lipinski definition) is 2. The molecule has 0 spiro atoms. The third kappa shape index (κ3) is 4.56. The first-order chi connectivity index (χ1) is 9.66. The largest absolute Gasteiger partial charge is 0.387 e. The average molecular weight is 298 g/mol. The summed E-state index contributed by atoms with van der Waals surface area (Å²) >= 11 is 1.57. The van der Waals surface area contributed by atoms with Crippen molar-refractivity contribution < 1.29 is 14.6 Å². The molecule has 2 atom stereocenters. The van der Waals surface area contributed by atoms with Crippen molar-refractivity contribution in [3.63, 3.8) is 0 Å². The van der Waals surface area contributed by atoms with E-state index in [0.717, 1.165) is 5.56 Å². The van der Waals surface area contributed by atoms with Gasteiger partial charge in [0, 0.05) is 32.1 Å². The van der Waals surface area contributed by atoms with Gasteiger partial charge in [0.25, 0.3) is 0 Å². The number of morpholine rings is 1. The highest BCUT2D eigenvalue weighted by molar-refractivity contribution is 7.07. The Labute approximate surface area is 123 Å². The Morgan fingerprint density at radius 3 is 2.95 bits per heavy atom. The van der Waals surface area contributed by atoms with Crippen LogP contribution >= 0.6 is 11.3 Å². The monoisotopic (exact) mass is 298 g/mol. The predicted molar refractivity (Wildman–Crippen MR) is 78.8 cm³/mol. The average Bonchev–Trinajstić information content (AvgIpc) is 3.00. The van der Waals surface area contributed by atoms with Crippen LogP contribution in [0.15, 0.2) is 16.8 Å². The predicted octanol–water partition coefficient (Wildman–Crippen LogP) is 1.01. The summed E-state index contributed by atoms with van der Waals surface area (Å²) in [4.78, 5) is 13.9. The number of nitrogens with zero attached hydrogens (tertiary/aromatic N) is 1. The minimum atomic E-state index is -0.512. The molecule has 1 aliphatic heterocycles. The number of thiophene rings is 1. The molecule has 2 heterocycles. The number of carbonyl (C=O) groups excluding carboxylic acids is 1. The van der Waals surface area contributed by atoms with Gasteiger partial charge >= 0.3 is 0 Å². The second-order valence-corrected chi connectivity index (χ2v) is 5.86. The highest BCUT2D eigenvalue weighted by Crippen LogP contribution is 2.15. The van der Waals surface area contributed by atoms with Gasteiger partial charge in [-0.3, -0.25) is 4.79 Å². The second kappa shape index (κ2) is 7.73. The van der Waals surface area contributed by atoms with E-state index >= 15 is 0 Å². The van der Waals surface area contributed by atoms with Gasteiger partial charge in [-0.15, -0.1) is 0 Å². The van der Waals surface area contributed by atoms with E-state index in [0.29, 0.717) is 39.3 Å². The summed E-state index contributed by atoms with van der Waals surface area (Å²) in [5.74, 6) is 0.151. The number of nitrogens with one attached hydrogen (secondary N) is 1. The number of amides is 1. The highest BCUT2D eigenvalue weighted by Gasteiger charge is 2.19. The van der Waals surface area contributed by atoms with Crippen molar-refractivity contribution in [3.8, 4) is 0 Å². The summed E-state index contributed by atoms with van der Waals surface area (Å²) in [6.45, 7) is 5.06. The molecule has 2 unspecified atom stereocenters. The molecule has 5 nitrogen and oxygen atoms in total. The van der Waals surface area contributed by atoms with Crippen LogP contribution in [0.1, 0.15) is 25.0 Å². The van der Waals surface area contributed by atoms with Crippen molar-refractivity contribution in [2.75, 3.05) is 32.8 Å². The van der Waals surface area contributed by atoms with E-state index in [4.69, 9.17) is 4.74 Å². The first kappa shape index (κ1) is 15.4. The van der Waals surface area contributed by atoms with E-state index in [2.05, 4.69) is 5.32 Å². The molecular formula is C14H22N2O3S. The summed E-state index contributed by atoms with van der Waals surface area (Å²) in [7, 11) is 0. The first-order valence-corrected chi connectivity index (χ1v) is 7.90. The van der Waals surface area contributed by atoms with Gasteiger partial charge in [0.05, 0.1) is 19.3 Å². The van der Waals surface area contributed by atoms with E-state index < -0.39 is 6.10 Å². The number of aliphatic hydroxyl groups is 1. The van der Waals surface area contributed by atoms with Gasteiger partial charge in [0.15, 0.2) is 0 Å². The molecule has 0 aliphatic carbocycles. The maximum atomic E-state index is 12.1. The summed E-state index contributed by atoms with van der Waals surface area (Å²) in [5.41, 5.74) is 0.925. The van der Waals surface area contributed by atoms with Crippen LogP contribution in [0.2, 0.25) is 0 Å². The standard InChI is InChI=1S/C14H22N2O3S/c1-11(8-14(18)16-3-5-19-6-4-16)15-9-13(17)12-2-7-20-10-12/h2,7,10-11,13,15,17H,3-6,8-9H2,1H3. The Morgan fingerprint density at radius 2 is 2.30 bits per heavy atom. The van der Waals surface area contributed by atoms with Gasteiger partial charge < -0.3 is 20.1 Å². The van der Waals surface area contributed by atoms with Crippen LogP contribution in [0.25, 0.3) is 0 Å². The normalized spacial score (nSPS) is 18.8. The number of aliphatic hydroxyl groups excluding tert-OH is 1. The van der Waals surface area contributed by atoms with Gasteiger partial charge in [0.1, 0.15) is 0 Å². The minimum absolute atomic E-state index is 0.0543. The van der Waals surface area contributed by atoms with E-state index in [1.54, 1.807) is 11.3 Å². The molecule has 6 heteroatoms. The van der Waals surface area contributed by atoms with Crippen molar-refractivity contribution >= 4 is 17.2 Å². The molecule has 2 rings (SSSR count). The van der Waals surface area contributed by atoms with Gasteiger partial charge in [-0.1, -0.05) is 0 Å². The number of carbonyl (C=O) groups is 1. The Kier molecular flexibility index (Phi) is 5.97. The molecule has 0 bridgehead atoms. The molecule has 0 aromatic carbocycles. The maximum absolute atomic E-state index is 12.1. The molecule has 1 aromatic rings. The van der Waals surface area contributed by atoms with Gasteiger partial charge in [-0.25, -0.2) is 0 Å². The zero-order valence-electron chi connectivity index (χ0n) is 11.7. The lowest BCUT2D eigenvalue weighted by Crippen LogP contribution is -2.43. The van der Waals surface area contributed by atoms with Crippen molar-refractivity contribution in [2.45, 2.75) is 25.5 Å². The lowest BCUT2D eigenvalue weighted by Gasteiger charge is -2.28. The lowest BCUT2D eigenvalue weighted by molar-refractivity contribution is -0.135. The molecule has 112 valence electrons. The smallest absolute Gasteiger partial charge is 0.224 e. The number of hydrogen-bond acceptors (Lipinski definition) is 5. The summed E-state index contributed by atoms with van der Waals surface area (Å²) < 4.78 is 5.23. The molecule has 1 aromatic heterocycles. The summed E-state index contributed by atoms with van der Waals surface area (Å²) in [6, 6.07) is 1.97. The van der Waals surface area contributed by atoms with E-state index in [-0.39, 0.29) is 11.9 Å². The summed E-state index contributed by atoms with van der Waals surface area (Å²) in [6.07, 6.45) is -0.0571. The molecule has 0 radical (unpaired) electrons. The molecule has 0 saturated carbocycles. The van der Waals surface area contributed by atoms with E-state index in [1.165, 1.54) is 0 Å². The van der Waals surface area contributed by atoms with Crippen LogP contribution in [-0.2, 0) is 9.53 Å². The minimum Gasteiger partial charge on any atom is -0.387 e. The molecule has 1 saturated heterocycles. The van der Waals surface area contributed by atoms with Crippen molar-refractivity contribution in [3.05, 3.63) is 22.4 Å². The zero-order valence-corrected chi connectivity index (χ0v) is 12.6. The third-order valence-corrected chi connectivity index (χ3v) is 4.13. The van der Waals surface area contributed by atoms with Crippen LogP contribution < -0.4 is 5.32 Å². The summed E-state index contributed by atoms with van der Waals surface area (Å²) in [5, 5.41) is 17.1. The zero-order chi connectivity index (χ0) is 14.4. The molecular weight excluding hydrogens is 276 g/mol. The Bertz CT molecular complexity index is 405. The number of ether oxygens (including phenoxy) is 1.